The van der Waals surface area contributed by atoms with Crippen molar-refractivity contribution in [1.82, 2.24) is 0 Å². The predicted molar refractivity (Wildman–Crippen MR) is 90.9 cm³/mol. The number of carbonyl (C=O) groups is 1. The number of methoxy groups -OCH3 is 1. The van der Waals surface area contributed by atoms with Crippen LogP contribution in [-0.2, 0) is 4.79 Å². The Morgan fingerprint density at radius 3 is 2.61 bits per heavy atom. The van der Waals surface area contributed by atoms with E-state index < -0.39 is 5.97 Å². The summed E-state index contributed by atoms with van der Waals surface area (Å²) in [7, 11) is 1.62. The third kappa shape index (κ3) is 4.61. The van der Waals surface area contributed by atoms with Gasteiger partial charge in [-0.25, -0.2) is 4.79 Å². The molecular weight excluding hydrogens is 292 g/mol. The van der Waals surface area contributed by atoms with Crippen LogP contribution in [0.5, 0.6) is 11.5 Å². The van der Waals surface area contributed by atoms with Gasteiger partial charge in [0, 0.05) is 6.08 Å². The Hall–Kier alpha value is -2.75. The monoisotopic (exact) mass is 312 g/mol. The molecule has 120 valence electrons. The van der Waals surface area contributed by atoms with Crippen LogP contribution in [0, 0.1) is 0 Å². The van der Waals surface area contributed by atoms with Crippen LogP contribution in [0.25, 0.3) is 17.2 Å². The van der Waals surface area contributed by atoms with Gasteiger partial charge in [0.25, 0.3) is 0 Å². The second kappa shape index (κ2) is 8.03. The molecule has 1 N–H and O–H groups in total. The molecule has 0 saturated heterocycles. The third-order valence-electron chi connectivity index (χ3n) is 3.26. The Labute approximate surface area is 136 Å². The maximum Gasteiger partial charge on any atom is 0.328 e. The van der Waals surface area contributed by atoms with Gasteiger partial charge in [-0.2, -0.15) is 0 Å². The van der Waals surface area contributed by atoms with Crippen LogP contribution >= 0.6 is 0 Å². The van der Waals surface area contributed by atoms with Gasteiger partial charge in [-0.05, 0) is 47.4 Å². The molecule has 0 atom stereocenters. The zero-order chi connectivity index (χ0) is 16.7. The summed E-state index contributed by atoms with van der Waals surface area (Å²) in [6.45, 7) is 2.70. The summed E-state index contributed by atoms with van der Waals surface area (Å²) >= 11 is 0. The number of hydrogen-bond acceptors (Lipinski definition) is 3. The van der Waals surface area contributed by atoms with Crippen molar-refractivity contribution in [2.75, 3.05) is 13.7 Å². The van der Waals surface area contributed by atoms with Gasteiger partial charge in [-0.3, -0.25) is 0 Å². The van der Waals surface area contributed by atoms with Crippen LogP contribution in [0.2, 0.25) is 0 Å². The highest BCUT2D eigenvalue weighted by Gasteiger charge is 2.07. The van der Waals surface area contributed by atoms with Gasteiger partial charge in [0.15, 0.2) is 11.5 Å². The van der Waals surface area contributed by atoms with Crippen LogP contribution in [-0.4, -0.2) is 24.8 Å². The van der Waals surface area contributed by atoms with Crippen LogP contribution in [0.15, 0.2) is 48.5 Å². The molecule has 4 nitrogen and oxygen atoms in total. The molecular formula is C19H20O4. The van der Waals surface area contributed by atoms with Gasteiger partial charge in [-0.1, -0.05) is 31.2 Å². The molecule has 4 heteroatoms. The van der Waals surface area contributed by atoms with E-state index in [1.807, 2.05) is 42.5 Å². The van der Waals surface area contributed by atoms with Gasteiger partial charge in [-0.15, -0.1) is 0 Å². The number of benzene rings is 2. The number of hydrogen-bond donors (Lipinski definition) is 1. The molecule has 2 aromatic carbocycles. The zero-order valence-electron chi connectivity index (χ0n) is 13.3. The summed E-state index contributed by atoms with van der Waals surface area (Å²) < 4.78 is 11.1. The van der Waals surface area contributed by atoms with Crippen molar-refractivity contribution in [3.05, 3.63) is 54.1 Å². The van der Waals surface area contributed by atoms with Gasteiger partial charge in [0.05, 0.1) is 13.7 Å². The Kier molecular flexibility index (Phi) is 5.80. The molecule has 2 aromatic rings. The molecule has 23 heavy (non-hydrogen) atoms. The van der Waals surface area contributed by atoms with E-state index >= 15 is 0 Å². The molecule has 0 heterocycles. The van der Waals surface area contributed by atoms with Crippen LogP contribution in [0.3, 0.4) is 0 Å². The molecule has 0 spiro atoms. The fourth-order valence-corrected chi connectivity index (χ4v) is 2.17. The highest BCUT2D eigenvalue weighted by Crippen LogP contribution is 2.33. The number of carboxylic acid groups (broad SMARTS) is 1. The largest absolute Gasteiger partial charge is 0.493 e. The highest BCUT2D eigenvalue weighted by atomic mass is 16.5. The van der Waals surface area contributed by atoms with Gasteiger partial charge in [0.1, 0.15) is 0 Å². The summed E-state index contributed by atoms with van der Waals surface area (Å²) in [6, 6.07) is 13.4. The molecule has 0 aliphatic heterocycles. The second-order valence-electron chi connectivity index (χ2n) is 5.01. The molecule has 0 fully saturated rings. The first-order valence-electron chi connectivity index (χ1n) is 7.46. The first-order chi connectivity index (χ1) is 11.1. The lowest BCUT2D eigenvalue weighted by atomic mass is 10.0. The predicted octanol–water partition coefficient (Wildman–Crippen LogP) is 4.25. The summed E-state index contributed by atoms with van der Waals surface area (Å²) in [5, 5.41) is 8.71. The van der Waals surface area contributed by atoms with Gasteiger partial charge < -0.3 is 14.6 Å². The smallest absolute Gasteiger partial charge is 0.328 e. The van der Waals surface area contributed by atoms with E-state index in [0.717, 1.165) is 34.9 Å². The van der Waals surface area contributed by atoms with Crippen LogP contribution in [0.4, 0.5) is 0 Å². The molecule has 0 radical (unpaired) electrons. The van der Waals surface area contributed by atoms with Crippen molar-refractivity contribution >= 4 is 12.0 Å². The average molecular weight is 312 g/mol. The van der Waals surface area contributed by atoms with Crippen molar-refractivity contribution < 1.29 is 19.4 Å². The van der Waals surface area contributed by atoms with Gasteiger partial charge in [0.2, 0.25) is 0 Å². The number of aliphatic carboxylic acids is 1. The molecule has 0 amide bonds. The summed E-state index contributed by atoms with van der Waals surface area (Å²) in [4.78, 5) is 10.6. The molecule has 0 unspecified atom stereocenters. The number of rotatable bonds is 7. The second-order valence-corrected chi connectivity index (χ2v) is 5.01. The fourth-order valence-electron chi connectivity index (χ4n) is 2.17. The van der Waals surface area contributed by atoms with Crippen molar-refractivity contribution in [1.29, 1.82) is 0 Å². The lowest BCUT2D eigenvalue weighted by Crippen LogP contribution is -1.97. The van der Waals surface area contributed by atoms with E-state index in [-0.39, 0.29) is 0 Å². The quantitative estimate of drug-likeness (QED) is 0.777. The van der Waals surface area contributed by atoms with Gasteiger partial charge >= 0.3 is 5.97 Å². The van der Waals surface area contributed by atoms with E-state index in [9.17, 15) is 4.79 Å². The Balaban J connectivity index is 2.31. The minimum Gasteiger partial charge on any atom is -0.493 e. The van der Waals surface area contributed by atoms with Crippen molar-refractivity contribution in [3.8, 4) is 22.6 Å². The van der Waals surface area contributed by atoms with Crippen LogP contribution < -0.4 is 9.47 Å². The van der Waals surface area contributed by atoms with E-state index in [0.29, 0.717) is 12.4 Å². The minimum absolute atomic E-state index is 0.644. The maximum absolute atomic E-state index is 10.6. The highest BCUT2D eigenvalue weighted by molar-refractivity contribution is 5.85. The van der Waals surface area contributed by atoms with Crippen molar-refractivity contribution in [2.45, 2.75) is 13.3 Å². The normalized spacial score (nSPS) is 10.7. The first-order valence-corrected chi connectivity index (χ1v) is 7.46. The number of ether oxygens (including phenoxy) is 2. The van der Waals surface area contributed by atoms with E-state index in [2.05, 4.69) is 6.92 Å². The molecule has 0 aliphatic carbocycles. The Morgan fingerprint density at radius 2 is 1.91 bits per heavy atom. The van der Waals surface area contributed by atoms with E-state index in [1.165, 1.54) is 0 Å². The fraction of sp³-hybridized carbons (Fsp3) is 0.211. The lowest BCUT2D eigenvalue weighted by Gasteiger charge is -2.12. The Bertz CT molecular complexity index is 704. The van der Waals surface area contributed by atoms with E-state index in [4.69, 9.17) is 14.6 Å². The SMILES string of the molecule is CCCOc1ccc(-c2cccc(C=CC(=O)O)c2)cc1OC. The molecule has 0 aromatic heterocycles. The van der Waals surface area contributed by atoms with Crippen molar-refractivity contribution in [3.63, 3.8) is 0 Å². The average Bonchev–Trinajstić information content (AvgIpc) is 2.58. The molecule has 0 aliphatic rings. The first kappa shape index (κ1) is 16.6. The zero-order valence-corrected chi connectivity index (χ0v) is 13.3. The lowest BCUT2D eigenvalue weighted by molar-refractivity contribution is -0.131. The summed E-state index contributed by atoms with van der Waals surface area (Å²) in [5.74, 6) is 0.442. The molecule has 0 bridgehead atoms. The minimum atomic E-state index is -0.963. The maximum atomic E-state index is 10.6. The molecule has 2 rings (SSSR count). The third-order valence-corrected chi connectivity index (χ3v) is 3.26. The standard InChI is InChI=1S/C19H20O4/c1-3-11-23-17-9-8-16(13-18(17)22-2)15-6-4-5-14(12-15)7-10-19(20)21/h4-10,12-13H,3,11H2,1-2H3,(H,20,21). The summed E-state index contributed by atoms with van der Waals surface area (Å²) in [5.41, 5.74) is 2.80. The topological polar surface area (TPSA) is 55.8 Å². The van der Waals surface area contributed by atoms with Crippen molar-refractivity contribution in [2.24, 2.45) is 0 Å². The number of carboxylic acids is 1. The van der Waals surface area contributed by atoms with Crippen LogP contribution in [0.1, 0.15) is 18.9 Å². The molecule has 0 saturated carbocycles. The Morgan fingerprint density at radius 1 is 1.13 bits per heavy atom. The van der Waals surface area contributed by atoms with E-state index in [1.54, 1.807) is 13.2 Å². The summed E-state index contributed by atoms with van der Waals surface area (Å²) in [6.07, 6.45) is 3.63.